The Balaban J connectivity index is 2.62. The van der Waals surface area contributed by atoms with Crippen LogP contribution < -0.4 is 11.0 Å². The van der Waals surface area contributed by atoms with Gasteiger partial charge in [0.15, 0.2) is 5.76 Å². The van der Waals surface area contributed by atoms with Crippen molar-refractivity contribution in [3.8, 4) is 11.5 Å². The number of anilines is 1. The molecule has 0 saturated heterocycles. The maximum atomic E-state index is 13.1. The average Bonchev–Trinajstić information content (AvgIpc) is 3.05. The van der Waals surface area contributed by atoms with Crippen molar-refractivity contribution >= 4 is 18.7 Å². The lowest BCUT2D eigenvalue weighted by molar-refractivity contribution is 0.230. The van der Waals surface area contributed by atoms with Crippen LogP contribution >= 0.6 is 7.60 Å². The summed E-state index contributed by atoms with van der Waals surface area (Å²) >= 11 is 0. The first-order valence-corrected chi connectivity index (χ1v) is 9.80. The summed E-state index contributed by atoms with van der Waals surface area (Å²) in [4.78, 5) is 4.50. The smallest absolute Gasteiger partial charge is 0.365 e. The van der Waals surface area contributed by atoms with Crippen LogP contribution in [-0.2, 0) is 26.5 Å². The van der Waals surface area contributed by atoms with E-state index in [1.165, 1.54) is 6.26 Å². The molecular weight excluding hydrogens is 327 g/mol. The number of nitrogens with two attached hydrogens (primary N) is 1. The van der Waals surface area contributed by atoms with Gasteiger partial charge in [-0.25, -0.2) is 4.98 Å². The van der Waals surface area contributed by atoms with E-state index in [0.29, 0.717) is 22.6 Å². The van der Waals surface area contributed by atoms with E-state index < -0.39 is 7.60 Å². The van der Waals surface area contributed by atoms with Crippen LogP contribution in [0.4, 0.5) is 5.82 Å². The Hall–Kier alpha value is -1.62. The first kappa shape index (κ1) is 18.7. The van der Waals surface area contributed by atoms with Crippen LogP contribution in [0.2, 0.25) is 0 Å². The van der Waals surface area contributed by atoms with Crippen molar-refractivity contribution in [3.05, 3.63) is 29.5 Å². The molecule has 7 heteroatoms. The summed E-state index contributed by atoms with van der Waals surface area (Å²) in [6.07, 6.45) is 3.03. The van der Waals surface area contributed by atoms with Crippen LogP contribution in [0.1, 0.15) is 38.8 Å². The largest absolute Gasteiger partial charge is 0.462 e. The molecule has 6 nitrogen and oxygen atoms in total. The monoisotopic (exact) mass is 352 g/mol. The number of aromatic nitrogens is 1. The molecule has 2 rings (SSSR count). The third kappa shape index (κ3) is 3.56. The summed E-state index contributed by atoms with van der Waals surface area (Å²) in [5, 5.41) is 0.386. The third-order valence-electron chi connectivity index (χ3n) is 3.73. The first-order valence-electron chi connectivity index (χ1n) is 8.26. The first-order chi connectivity index (χ1) is 11.5. The molecule has 0 aliphatic carbocycles. The van der Waals surface area contributed by atoms with Crippen molar-refractivity contribution in [1.29, 1.82) is 0 Å². The van der Waals surface area contributed by atoms with Gasteiger partial charge in [-0.05, 0) is 49.9 Å². The van der Waals surface area contributed by atoms with Crippen LogP contribution in [0, 0.1) is 0 Å². The van der Waals surface area contributed by atoms with E-state index in [9.17, 15) is 4.57 Å². The number of rotatable bonds is 8. The summed E-state index contributed by atoms with van der Waals surface area (Å²) in [6, 6.07) is 3.64. The van der Waals surface area contributed by atoms with E-state index in [2.05, 4.69) is 4.98 Å². The fraction of sp³-hybridized carbons (Fsp3) is 0.471. The van der Waals surface area contributed by atoms with Gasteiger partial charge in [0.05, 0.1) is 19.5 Å². The molecule has 0 unspecified atom stereocenters. The summed E-state index contributed by atoms with van der Waals surface area (Å²) in [5.41, 5.74) is 8.61. The standard InChI is InChI=1S/C17H25N2O4P/c1-5-12-11-13(6-2)17(18)19-15(12)16-14(9-10-21-16)24(20,22-7-3)23-8-4/h9-11H,5-8H2,1-4H3,(H2,18,19). The topological polar surface area (TPSA) is 87.6 Å². The molecule has 0 bridgehead atoms. The number of nitrogens with zero attached hydrogens (tertiary/aromatic N) is 1. The quantitative estimate of drug-likeness (QED) is 0.724. The van der Waals surface area contributed by atoms with Crippen molar-refractivity contribution in [2.75, 3.05) is 18.9 Å². The predicted molar refractivity (Wildman–Crippen MR) is 95.6 cm³/mol. The number of hydrogen-bond acceptors (Lipinski definition) is 6. The van der Waals surface area contributed by atoms with Gasteiger partial charge in [0.1, 0.15) is 16.8 Å². The molecule has 2 N–H and O–H groups in total. The SMILES string of the molecule is CCOP(=O)(OCC)c1ccoc1-c1nc(N)c(CC)cc1CC. The number of furan rings is 1. The van der Waals surface area contributed by atoms with E-state index in [4.69, 9.17) is 19.2 Å². The Labute approximate surface area is 142 Å². The molecule has 0 aliphatic heterocycles. The Morgan fingerprint density at radius 1 is 1.12 bits per heavy atom. The van der Waals surface area contributed by atoms with Crippen molar-refractivity contribution in [2.45, 2.75) is 40.5 Å². The van der Waals surface area contributed by atoms with Crippen molar-refractivity contribution in [2.24, 2.45) is 0 Å². The molecule has 24 heavy (non-hydrogen) atoms. The molecule has 0 aliphatic rings. The van der Waals surface area contributed by atoms with Gasteiger partial charge >= 0.3 is 7.60 Å². The molecule has 0 radical (unpaired) electrons. The zero-order valence-electron chi connectivity index (χ0n) is 14.7. The highest BCUT2D eigenvalue weighted by Gasteiger charge is 2.33. The molecule has 0 fully saturated rings. The minimum atomic E-state index is -3.47. The van der Waals surface area contributed by atoms with Crippen LogP contribution in [-0.4, -0.2) is 18.2 Å². The number of aryl methyl sites for hydroxylation is 2. The zero-order chi connectivity index (χ0) is 17.7. The molecule has 0 amide bonds. The molecule has 0 spiro atoms. The Morgan fingerprint density at radius 2 is 1.75 bits per heavy atom. The normalized spacial score (nSPS) is 11.8. The van der Waals surface area contributed by atoms with E-state index in [0.717, 1.165) is 24.0 Å². The number of nitrogen functional groups attached to an aromatic ring is 1. The number of hydrogen-bond donors (Lipinski definition) is 1. The van der Waals surface area contributed by atoms with E-state index >= 15 is 0 Å². The Kier molecular flexibility index (Phi) is 6.21. The predicted octanol–water partition coefficient (Wildman–Crippen LogP) is 3.94. The maximum absolute atomic E-state index is 13.1. The molecule has 0 aromatic carbocycles. The van der Waals surface area contributed by atoms with Crippen LogP contribution in [0.3, 0.4) is 0 Å². The second-order valence-corrected chi connectivity index (χ2v) is 7.21. The second kappa shape index (κ2) is 7.97. The van der Waals surface area contributed by atoms with Crippen LogP contribution in [0.25, 0.3) is 11.5 Å². The molecule has 0 atom stereocenters. The lowest BCUT2D eigenvalue weighted by atomic mass is 10.0. The van der Waals surface area contributed by atoms with Gasteiger partial charge in [-0.15, -0.1) is 0 Å². The van der Waals surface area contributed by atoms with Gasteiger partial charge in [0, 0.05) is 0 Å². The summed E-state index contributed by atoms with van der Waals surface area (Å²) in [7, 11) is -3.47. The highest BCUT2D eigenvalue weighted by atomic mass is 31.2. The maximum Gasteiger partial charge on any atom is 0.365 e. The van der Waals surface area contributed by atoms with Gasteiger partial charge in [0.2, 0.25) is 0 Å². The average molecular weight is 352 g/mol. The van der Waals surface area contributed by atoms with Gasteiger partial charge in [-0.1, -0.05) is 13.8 Å². The van der Waals surface area contributed by atoms with Crippen molar-refractivity contribution < 1.29 is 18.0 Å². The Morgan fingerprint density at radius 3 is 2.29 bits per heavy atom. The second-order valence-electron chi connectivity index (χ2n) is 5.22. The van der Waals surface area contributed by atoms with Gasteiger partial charge < -0.3 is 19.2 Å². The zero-order valence-corrected chi connectivity index (χ0v) is 15.6. The molecule has 2 heterocycles. The minimum Gasteiger partial charge on any atom is -0.462 e. The van der Waals surface area contributed by atoms with Gasteiger partial charge in [-0.3, -0.25) is 4.57 Å². The fourth-order valence-corrected chi connectivity index (χ4v) is 4.26. The van der Waals surface area contributed by atoms with Crippen LogP contribution in [0.15, 0.2) is 22.8 Å². The fourth-order valence-electron chi connectivity index (χ4n) is 2.58. The molecule has 132 valence electrons. The van der Waals surface area contributed by atoms with Gasteiger partial charge in [0.25, 0.3) is 0 Å². The summed E-state index contributed by atoms with van der Waals surface area (Å²) in [5.74, 6) is 0.848. The van der Waals surface area contributed by atoms with Gasteiger partial charge in [-0.2, -0.15) is 0 Å². The summed E-state index contributed by atoms with van der Waals surface area (Å²) < 4.78 is 29.6. The minimum absolute atomic E-state index is 0.271. The van der Waals surface area contributed by atoms with E-state index in [1.54, 1.807) is 19.9 Å². The third-order valence-corrected chi connectivity index (χ3v) is 5.87. The molecular formula is C17H25N2O4P. The Bertz CT molecular complexity index is 732. The van der Waals surface area contributed by atoms with Crippen molar-refractivity contribution in [1.82, 2.24) is 4.98 Å². The molecule has 0 saturated carbocycles. The van der Waals surface area contributed by atoms with Crippen LogP contribution in [0.5, 0.6) is 0 Å². The molecule has 2 aromatic heterocycles. The highest BCUT2D eigenvalue weighted by Crippen LogP contribution is 2.49. The number of pyridine rings is 1. The summed E-state index contributed by atoms with van der Waals surface area (Å²) in [6.45, 7) is 8.15. The van der Waals surface area contributed by atoms with Crippen molar-refractivity contribution in [3.63, 3.8) is 0 Å². The molecule has 2 aromatic rings. The lowest BCUT2D eigenvalue weighted by Crippen LogP contribution is -2.13. The van der Waals surface area contributed by atoms with E-state index in [1.807, 2.05) is 19.9 Å². The highest BCUT2D eigenvalue weighted by molar-refractivity contribution is 7.62. The van der Waals surface area contributed by atoms with E-state index in [-0.39, 0.29) is 13.2 Å². The lowest BCUT2D eigenvalue weighted by Gasteiger charge is -2.17.